The van der Waals surface area contributed by atoms with Crippen molar-refractivity contribution < 1.29 is 4.74 Å². The zero-order valence-corrected chi connectivity index (χ0v) is 14.2. The van der Waals surface area contributed by atoms with Crippen molar-refractivity contribution in [1.82, 2.24) is 15.0 Å². The number of pyridine rings is 1. The lowest BCUT2D eigenvalue weighted by atomic mass is 9.98. The fourth-order valence-electron chi connectivity index (χ4n) is 3.29. The van der Waals surface area contributed by atoms with E-state index in [0.29, 0.717) is 5.15 Å². The Bertz CT molecular complexity index is 860. The first-order chi connectivity index (χ1) is 11.8. The van der Waals surface area contributed by atoms with Crippen molar-refractivity contribution in [2.45, 2.75) is 25.4 Å². The summed E-state index contributed by atoms with van der Waals surface area (Å²) in [6.07, 6.45) is 4.77. The van der Waals surface area contributed by atoms with Crippen LogP contribution in [0, 0.1) is 0 Å². The van der Waals surface area contributed by atoms with E-state index in [4.69, 9.17) is 21.3 Å². The summed E-state index contributed by atoms with van der Waals surface area (Å²) in [6.45, 7) is 0. The minimum Gasteiger partial charge on any atom is -0.381 e. The minimum atomic E-state index is 0.253. The summed E-state index contributed by atoms with van der Waals surface area (Å²) >= 11 is 6.44. The van der Waals surface area contributed by atoms with Gasteiger partial charge in [0.15, 0.2) is 0 Å². The van der Waals surface area contributed by atoms with Crippen LogP contribution in [0.3, 0.4) is 0 Å². The number of benzene rings is 1. The number of H-pyrrole nitrogens is 1. The molecule has 4 nitrogen and oxygen atoms in total. The Morgan fingerprint density at radius 1 is 1.21 bits per heavy atom. The molecule has 0 amide bonds. The van der Waals surface area contributed by atoms with E-state index in [2.05, 4.69) is 22.1 Å². The Hall–Kier alpha value is -2.17. The van der Waals surface area contributed by atoms with Gasteiger partial charge in [0.05, 0.1) is 17.4 Å². The van der Waals surface area contributed by atoms with Crippen LogP contribution in [-0.2, 0) is 17.6 Å². The number of aromatic amines is 1. The number of methoxy groups -OCH3 is 1. The molecular weight excluding hydrogens is 322 g/mol. The molecule has 2 heterocycles. The number of aromatic nitrogens is 3. The van der Waals surface area contributed by atoms with E-state index >= 15 is 0 Å². The third kappa shape index (κ3) is 2.72. The first-order valence-electron chi connectivity index (χ1n) is 8.07. The Kier molecular flexibility index (Phi) is 4.08. The highest BCUT2D eigenvalue weighted by molar-refractivity contribution is 6.32. The van der Waals surface area contributed by atoms with Gasteiger partial charge in [0.2, 0.25) is 0 Å². The number of hydrogen-bond donors (Lipinski definition) is 1. The molecule has 0 saturated carbocycles. The molecule has 0 fully saturated rings. The number of aryl methyl sites for hydroxylation is 1. The van der Waals surface area contributed by atoms with Crippen molar-refractivity contribution >= 4 is 11.6 Å². The lowest BCUT2D eigenvalue weighted by Crippen LogP contribution is -2.20. The maximum Gasteiger partial charge on any atom is 0.141 e. The Labute approximate surface area is 145 Å². The van der Waals surface area contributed by atoms with Gasteiger partial charge in [0, 0.05) is 25.4 Å². The Balaban J connectivity index is 1.82. The quantitative estimate of drug-likeness (QED) is 0.724. The number of fused-ring (bicyclic) bond motifs is 1. The largest absolute Gasteiger partial charge is 0.381 e. The molecule has 1 atom stereocenters. The molecule has 3 aromatic rings. The number of ether oxygens (including phenoxy) is 1. The van der Waals surface area contributed by atoms with Gasteiger partial charge in [0.25, 0.3) is 0 Å². The molecule has 0 spiro atoms. The molecule has 2 aromatic heterocycles. The van der Waals surface area contributed by atoms with Crippen LogP contribution in [0.1, 0.15) is 17.8 Å². The first-order valence-corrected chi connectivity index (χ1v) is 8.45. The first kappa shape index (κ1) is 15.4. The van der Waals surface area contributed by atoms with Gasteiger partial charge in [-0.1, -0.05) is 41.9 Å². The number of nitrogens with one attached hydrogen (secondary N) is 1. The molecule has 1 N–H and O–H groups in total. The molecule has 1 aliphatic carbocycles. The van der Waals surface area contributed by atoms with Crippen molar-refractivity contribution in [3.8, 4) is 22.5 Å². The van der Waals surface area contributed by atoms with Crippen molar-refractivity contribution in [1.29, 1.82) is 0 Å². The second kappa shape index (κ2) is 6.38. The predicted octanol–water partition coefficient (Wildman–Crippen LogP) is 4.30. The maximum absolute atomic E-state index is 6.44. The number of nitrogens with zero attached hydrogens (tertiary/aromatic N) is 2. The highest BCUT2D eigenvalue weighted by Crippen LogP contribution is 2.36. The number of imidazole rings is 1. The summed E-state index contributed by atoms with van der Waals surface area (Å²) < 4.78 is 5.49. The SMILES string of the molecule is COC1CCc2nc(-c3c(-c4ccccc4)ccnc3Cl)[nH]c2C1. The minimum absolute atomic E-state index is 0.253. The molecule has 24 heavy (non-hydrogen) atoms. The lowest BCUT2D eigenvalue weighted by Gasteiger charge is -2.19. The van der Waals surface area contributed by atoms with E-state index in [9.17, 15) is 0 Å². The summed E-state index contributed by atoms with van der Waals surface area (Å²) in [5, 5.41) is 0.464. The van der Waals surface area contributed by atoms with Crippen LogP contribution in [0.4, 0.5) is 0 Å². The molecule has 5 heteroatoms. The van der Waals surface area contributed by atoms with Crippen LogP contribution in [0.15, 0.2) is 42.6 Å². The Morgan fingerprint density at radius 3 is 2.83 bits per heavy atom. The van der Waals surface area contributed by atoms with Crippen molar-refractivity contribution in [3.63, 3.8) is 0 Å². The topological polar surface area (TPSA) is 50.8 Å². The molecule has 0 bridgehead atoms. The van der Waals surface area contributed by atoms with Crippen molar-refractivity contribution in [2.24, 2.45) is 0 Å². The van der Waals surface area contributed by atoms with E-state index < -0.39 is 0 Å². The van der Waals surface area contributed by atoms with Gasteiger partial charge in [-0.2, -0.15) is 0 Å². The molecular formula is C19H18ClN3O. The van der Waals surface area contributed by atoms with Gasteiger partial charge in [-0.3, -0.25) is 0 Å². The zero-order valence-electron chi connectivity index (χ0n) is 13.4. The average Bonchev–Trinajstić information content (AvgIpc) is 3.04. The second-order valence-electron chi connectivity index (χ2n) is 6.00. The van der Waals surface area contributed by atoms with Crippen LogP contribution in [0.2, 0.25) is 5.15 Å². The summed E-state index contributed by atoms with van der Waals surface area (Å²) in [4.78, 5) is 12.5. The molecule has 0 radical (unpaired) electrons. The van der Waals surface area contributed by atoms with Crippen LogP contribution < -0.4 is 0 Å². The van der Waals surface area contributed by atoms with E-state index in [1.54, 1.807) is 13.3 Å². The maximum atomic E-state index is 6.44. The number of rotatable bonds is 3. The van der Waals surface area contributed by atoms with Gasteiger partial charge in [0.1, 0.15) is 11.0 Å². The normalized spacial score (nSPS) is 16.8. The molecule has 4 rings (SSSR count). The monoisotopic (exact) mass is 339 g/mol. The summed E-state index contributed by atoms with van der Waals surface area (Å²) in [7, 11) is 1.76. The second-order valence-corrected chi connectivity index (χ2v) is 6.36. The van der Waals surface area contributed by atoms with E-state index in [-0.39, 0.29) is 6.10 Å². The fourth-order valence-corrected chi connectivity index (χ4v) is 3.54. The van der Waals surface area contributed by atoms with Gasteiger partial charge >= 0.3 is 0 Å². The summed E-state index contributed by atoms with van der Waals surface area (Å²) in [6, 6.07) is 12.2. The zero-order chi connectivity index (χ0) is 16.5. The van der Waals surface area contributed by atoms with Gasteiger partial charge < -0.3 is 9.72 Å². The fraction of sp³-hybridized carbons (Fsp3) is 0.263. The van der Waals surface area contributed by atoms with Crippen LogP contribution in [0.5, 0.6) is 0 Å². The summed E-state index contributed by atoms with van der Waals surface area (Å²) in [5.41, 5.74) is 5.24. The van der Waals surface area contributed by atoms with Gasteiger partial charge in [-0.15, -0.1) is 0 Å². The smallest absolute Gasteiger partial charge is 0.141 e. The standard InChI is InChI=1S/C19H18ClN3O/c1-24-13-7-8-15-16(11-13)23-19(22-15)17-14(9-10-21-18(17)20)12-5-3-2-4-6-12/h2-6,9-10,13H,7-8,11H2,1H3,(H,22,23). The number of halogens is 1. The van der Waals surface area contributed by atoms with Crippen molar-refractivity contribution in [2.75, 3.05) is 7.11 Å². The van der Waals surface area contributed by atoms with E-state index in [0.717, 1.165) is 53.2 Å². The van der Waals surface area contributed by atoms with Crippen LogP contribution >= 0.6 is 11.6 Å². The summed E-state index contributed by atoms with van der Waals surface area (Å²) in [5.74, 6) is 0.786. The highest BCUT2D eigenvalue weighted by atomic mass is 35.5. The van der Waals surface area contributed by atoms with Crippen LogP contribution in [-0.4, -0.2) is 28.2 Å². The third-order valence-corrected chi connectivity index (χ3v) is 4.85. The average molecular weight is 340 g/mol. The molecule has 1 unspecified atom stereocenters. The molecule has 0 saturated heterocycles. The Morgan fingerprint density at radius 2 is 2.04 bits per heavy atom. The predicted molar refractivity (Wildman–Crippen MR) is 95.1 cm³/mol. The molecule has 122 valence electrons. The molecule has 1 aromatic carbocycles. The van der Waals surface area contributed by atoms with E-state index in [1.165, 1.54) is 0 Å². The highest BCUT2D eigenvalue weighted by Gasteiger charge is 2.24. The lowest BCUT2D eigenvalue weighted by molar-refractivity contribution is 0.0899. The van der Waals surface area contributed by atoms with E-state index in [1.807, 2.05) is 24.3 Å². The number of hydrogen-bond acceptors (Lipinski definition) is 3. The molecule has 1 aliphatic rings. The van der Waals surface area contributed by atoms with Crippen molar-refractivity contribution in [3.05, 3.63) is 59.1 Å². The third-order valence-electron chi connectivity index (χ3n) is 4.56. The van der Waals surface area contributed by atoms with Gasteiger partial charge in [-0.05, 0) is 30.0 Å². The molecule has 0 aliphatic heterocycles. The van der Waals surface area contributed by atoms with Crippen LogP contribution in [0.25, 0.3) is 22.5 Å². The van der Waals surface area contributed by atoms with Gasteiger partial charge in [-0.25, -0.2) is 9.97 Å².